The number of rotatable bonds is 7. The minimum absolute atomic E-state index is 0.0408. The van der Waals surface area contributed by atoms with Crippen LogP contribution in [0.3, 0.4) is 0 Å². The fraction of sp³-hybridized carbons (Fsp3) is 0.318. The van der Waals surface area contributed by atoms with E-state index < -0.39 is 18.0 Å². The van der Waals surface area contributed by atoms with Gasteiger partial charge in [-0.25, -0.2) is 14.8 Å². The van der Waals surface area contributed by atoms with Crippen molar-refractivity contribution < 1.29 is 22.7 Å². The number of aromatic nitrogens is 2. The number of anilines is 1. The summed E-state index contributed by atoms with van der Waals surface area (Å²) in [6.45, 7) is 3.75. The van der Waals surface area contributed by atoms with Crippen LogP contribution in [0.2, 0.25) is 0 Å². The maximum atomic E-state index is 13.3. The molecule has 5 nitrogen and oxygen atoms in total. The van der Waals surface area contributed by atoms with Gasteiger partial charge in [0.1, 0.15) is 5.82 Å². The van der Waals surface area contributed by atoms with Gasteiger partial charge in [-0.15, -0.1) is 0 Å². The van der Waals surface area contributed by atoms with Crippen molar-refractivity contribution in [2.45, 2.75) is 38.9 Å². The maximum absolute atomic E-state index is 13.3. The van der Waals surface area contributed by atoms with Crippen molar-refractivity contribution in [3.63, 3.8) is 0 Å². The molecule has 2 aromatic carbocycles. The number of nitrogens with one attached hydrogen (secondary N) is 1. The minimum Gasteiger partial charge on any atom is -0.462 e. The van der Waals surface area contributed by atoms with Gasteiger partial charge in [-0.2, -0.15) is 13.2 Å². The van der Waals surface area contributed by atoms with Crippen LogP contribution in [0.4, 0.5) is 19.0 Å². The number of nitrogens with zero attached hydrogens (tertiary/aromatic N) is 2. The molecule has 0 amide bonds. The van der Waals surface area contributed by atoms with E-state index in [4.69, 9.17) is 4.74 Å². The molecule has 0 saturated carbocycles. The van der Waals surface area contributed by atoms with Crippen LogP contribution in [-0.2, 0) is 17.3 Å². The highest BCUT2D eigenvalue weighted by Gasteiger charge is 2.35. The van der Waals surface area contributed by atoms with Crippen LogP contribution in [0.15, 0.2) is 48.5 Å². The fourth-order valence-corrected chi connectivity index (χ4v) is 3.04. The largest absolute Gasteiger partial charge is 0.462 e. The quantitative estimate of drug-likeness (QED) is 0.532. The Morgan fingerprint density at radius 2 is 1.87 bits per heavy atom. The summed E-state index contributed by atoms with van der Waals surface area (Å²) in [5.74, 6) is -1.74. The van der Waals surface area contributed by atoms with E-state index in [0.29, 0.717) is 11.8 Å². The van der Waals surface area contributed by atoms with E-state index in [1.807, 2.05) is 37.3 Å². The molecular formula is C22H22F3N3O2. The Balaban J connectivity index is 1.92. The molecule has 8 heteroatoms. The lowest BCUT2D eigenvalue weighted by molar-refractivity contribution is -0.144. The predicted octanol–water partition coefficient (Wildman–Crippen LogP) is 5.26. The predicted molar refractivity (Wildman–Crippen MR) is 108 cm³/mol. The zero-order valence-corrected chi connectivity index (χ0v) is 16.7. The monoisotopic (exact) mass is 417 g/mol. The normalized spacial score (nSPS) is 12.6. The summed E-state index contributed by atoms with van der Waals surface area (Å²) in [6, 6.07) is 13.9. The van der Waals surface area contributed by atoms with E-state index in [1.165, 1.54) is 18.2 Å². The van der Waals surface area contributed by atoms with Gasteiger partial charge in [0.25, 0.3) is 0 Å². The number of fused-ring (bicyclic) bond motifs is 1. The van der Waals surface area contributed by atoms with Crippen molar-refractivity contribution in [2.24, 2.45) is 0 Å². The summed E-state index contributed by atoms with van der Waals surface area (Å²) in [4.78, 5) is 19.4. The van der Waals surface area contributed by atoms with Crippen LogP contribution in [0.25, 0.3) is 10.9 Å². The van der Waals surface area contributed by atoms with E-state index in [-0.39, 0.29) is 29.5 Å². The summed E-state index contributed by atoms with van der Waals surface area (Å²) in [7, 11) is 0. The molecule has 3 aromatic rings. The van der Waals surface area contributed by atoms with Crippen LogP contribution in [0.5, 0.6) is 0 Å². The Kier molecular flexibility index (Phi) is 6.54. The third-order valence-electron chi connectivity index (χ3n) is 4.55. The Bertz CT molecular complexity index is 1020. The molecule has 0 radical (unpaired) electrons. The van der Waals surface area contributed by atoms with Crippen molar-refractivity contribution in [3.8, 4) is 0 Å². The van der Waals surface area contributed by atoms with Crippen molar-refractivity contribution >= 4 is 22.7 Å². The highest BCUT2D eigenvalue weighted by atomic mass is 19.4. The number of alkyl halides is 3. The number of benzene rings is 2. The molecule has 0 unspecified atom stereocenters. The first-order chi connectivity index (χ1) is 14.3. The van der Waals surface area contributed by atoms with Crippen molar-refractivity contribution in [3.05, 3.63) is 65.5 Å². The Morgan fingerprint density at radius 3 is 2.53 bits per heavy atom. The van der Waals surface area contributed by atoms with E-state index >= 15 is 0 Å². The SMILES string of the molecule is CCOC(=O)c1ccc2nc(C(F)(F)F)nc(N[C@H](C)CCc3ccccc3)c2c1. The standard InChI is InChI=1S/C22H22F3N3O2/c1-3-30-20(29)16-11-12-18-17(13-16)19(28-21(27-18)22(23,24)25)26-14(2)9-10-15-7-5-4-6-8-15/h4-8,11-14H,3,9-10H2,1-2H3,(H,26,27,28)/t14-/m1/s1. The third kappa shape index (κ3) is 5.25. The number of carbonyl (C=O) groups excluding carboxylic acids is 1. The van der Waals surface area contributed by atoms with Gasteiger partial charge in [-0.1, -0.05) is 30.3 Å². The zero-order chi connectivity index (χ0) is 21.7. The highest BCUT2D eigenvalue weighted by Crippen LogP contribution is 2.31. The molecule has 0 bridgehead atoms. The first-order valence-corrected chi connectivity index (χ1v) is 9.64. The first kappa shape index (κ1) is 21.5. The number of esters is 1. The summed E-state index contributed by atoms with van der Waals surface area (Å²) < 4.78 is 44.8. The fourth-order valence-electron chi connectivity index (χ4n) is 3.04. The van der Waals surface area contributed by atoms with Gasteiger partial charge in [0, 0.05) is 11.4 Å². The van der Waals surface area contributed by atoms with E-state index in [0.717, 1.165) is 12.0 Å². The summed E-state index contributed by atoms with van der Waals surface area (Å²) in [5.41, 5.74) is 1.47. The third-order valence-corrected chi connectivity index (χ3v) is 4.55. The van der Waals surface area contributed by atoms with Gasteiger partial charge in [0.15, 0.2) is 0 Å². The van der Waals surface area contributed by atoms with Gasteiger partial charge < -0.3 is 10.1 Å². The van der Waals surface area contributed by atoms with Crippen LogP contribution in [0, 0.1) is 0 Å². The molecule has 1 atom stereocenters. The second kappa shape index (κ2) is 9.11. The molecular weight excluding hydrogens is 395 g/mol. The Morgan fingerprint density at radius 1 is 1.13 bits per heavy atom. The van der Waals surface area contributed by atoms with Crippen LogP contribution in [0.1, 0.15) is 42.0 Å². The van der Waals surface area contributed by atoms with E-state index in [1.54, 1.807) is 6.92 Å². The molecule has 3 rings (SSSR count). The molecule has 30 heavy (non-hydrogen) atoms. The molecule has 1 heterocycles. The van der Waals surface area contributed by atoms with Gasteiger partial charge in [-0.3, -0.25) is 0 Å². The molecule has 0 spiro atoms. The number of aryl methyl sites for hydroxylation is 1. The molecule has 0 aliphatic carbocycles. The second-order valence-corrected chi connectivity index (χ2v) is 6.92. The minimum atomic E-state index is -4.68. The number of ether oxygens (including phenoxy) is 1. The maximum Gasteiger partial charge on any atom is 0.451 e. The number of halogens is 3. The van der Waals surface area contributed by atoms with Crippen LogP contribution >= 0.6 is 0 Å². The molecule has 1 N–H and O–H groups in total. The first-order valence-electron chi connectivity index (χ1n) is 9.64. The summed E-state index contributed by atoms with van der Waals surface area (Å²) >= 11 is 0. The molecule has 1 aromatic heterocycles. The van der Waals surface area contributed by atoms with Crippen LogP contribution in [-0.4, -0.2) is 28.6 Å². The van der Waals surface area contributed by atoms with Crippen molar-refractivity contribution in [2.75, 3.05) is 11.9 Å². The molecule has 0 fully saturated rings. The Labute approximate surface area is 172 Å². The lowest BCUT2D eigenvalue weighted by Gasteiger charge is -2.18. The average Bonchev–Trinajstić information content (AvgIpc) is 2.72. The van der Waals surface area contributed by atoms with Crippen molar-refractivity contribution in [1.82, 2.24) is 9.97 Å². The lowest BCUT2D eigenvalue weighted by atomic mass is 10.1. The average molecular weight is 417 g/mol. The lowest BCUT2D eigenvalue weighted by Crippen LogP contribution is -2.20. The van der Waals surface area contributed by atoms with E-state index in [2.05, 4.69) is 15.3 Å². The van der Waals surface area contributed by atoms with E-state index in [9.17, 15) is 18.0 Å². The topological polar surface area (TPSA) is 64.1 Å². The van der Waals surface area contributed by atoms with Crippen LogP contribution < -0.4 is 5.32 Å². The second-order valence-electron chi connectivity index (χ2n) is 6.92. The molecule has 0 aliphatic heterocycles. The highest BCUT2D eigenvalue weighted by molar-refractivity contribution is 5.98. The van der Waals surface area contributed by atoms with Crippen molar-refractivity contribution in [1.29, 1.82) is 0 Å². The number of hydrogen-bond acceptors (Lipinski definition) is 5. The number of carbonyl (C=O) groups is 1. The summed E-state index contributed by atoms with van der Waals surface area (Å²) in [5, 5.41) is 3.40. The summed E-state index contributed by atoms with van der Waals surface area (Å²) in [6.07, 6.45) is -3.23. The zero-order valence-electron chi connectivity index (χ0n) is 16.7. The molecule has 0 aliphatic rings. The van der Waals surface area contributed by atoms with Gasteiger partial charge in [0.05, 0.1) is 17.7 Å². The molecule has 0 saturated heterocycles. The van der Waals surface area contributed by atoms with Gasteiger partial charge in [0.2, 0.25) is 5.82 Å². The smallest absolute Gasteiger partial charge is 0.451 e. The van der Waals surface area contributed by atoms with Gasteiger partial charge >= 0.3 is 12.1 Å². The molecule has 158 valence electrons. The Hall–Kier alpha value is -3.16. The number of hydrogen-bond donors (Lipinski definition) is 1. The van der Waals surface area contributed by atoms with Gasteiger partial charge in [-0.05, 0) is 50.5 Å².